The van der Waals surface area contributed by atoms with Crippen LogP contribution < -0.4 is 5.32 Å². The molecule has 0 spiro atoms. The predicted octanol–water partition coefficient (Wildman–Crippen LogP) is 1.56. The summed E-state index contributed by atoms with van der Waals surface area (Å²) in [6, 6.07) is 0. The van der Waals surface area contributed by atoms with Crippen molar-refractivity contribution in [2.45, 2.75) is 25.4 Å². The van der Waals surface area contributed by atoms with Crippen LogP contribution in [-0.4, -0.2) is 68.8 Å². The minimum Gasteiger partial charge on any atom is -0.315 e. The highest BCUT2D eigenvalue weighted by molar-refractivity contribution is 4.69. The molecular formula is C12H24F3N3. The van der Waals surface area contributed by atoms with Gasteiger partial charge in [0.25, 0.3) is 0 Å². The minimum atomic E-state index is -4.00. The van der Waals surface area contributed by atoms with Gasteiger partial charge in [-0.1, -0.05) is 0 Å². The van der Waals surface area contributed by atoms with E-state index in [-0.39, 0.29) is 6.42 Å². The van der Waals surface area contributed by atoms with Gasteiger partial charge in [0.15, 0.2) is 0 Å². The molecule has 0 unspecified atom stereocenters. The number of rotatable bonds is 7. The summed E-state index contributed by atoms with van der Waals surface area (Å²) in [7, 11) is 2.12. The van der Waals surface area contributed by atoms with E-state index in [1.165, 1.54) is 0 Å². The van der Waals surface area contributed by atoms with Crippen LogP contribution in [0.2, 0.25) is 0 Å². The van der Waals surface area contributed by atoms with Gasteiger partial charge in [0, 0.05) is 45.7 Å². The molecule has 0 radical (unpaired) electrons. The van der Waals surface area contributed by atoms with Crippen molar-refractivity contribution >= 4 is 0 Å². The van der Waals surface area contributed by atoms with E-state index in [0.29, 0.717) is 13.0 Å². The molecule has 1 aliphatic rings. The number of hydrogen-bond donors (Lipinski definition) is 1. The summed E-state index contributed by atoms with van der Waals surface area (Å²) < 4.78 is 35.6. The summed E-state index contributed by atoms with van der Waals surface area (Å²) in [5.41, 5.74) is 0. The van der Waals surface area contributed by atoms with Gasteiger partial charge in [0.05, 0.1) is 0 Å². The van der Waals surface area contributed by atoms with E-state index in [0.717, 1.165) is 39.3 Å². The summed E-state index contributed by atoms with van der Waals surface area (Å²) in [6.45, 7) is 6.93. The van der Waals surface area contributed by atoms with Crippen molar-refractivity contribution in [1.29, 1.82) is 0 Å². The van der Waals surface area contributed by atoms with Crippen molar-refractivity contribution < 1.29 is 13.2 Å². The highest BCUT2D eigenvalue weighted by Crippen LogP contribution is 2.21. The van der Waals surface area contributed by atoms with E-state index >= 15 is 0 Å². The van der Waals surface area contributed by atoms with Gasteiger partial charge >= 0.3 is 6.18 Å². The Kier molecular flexibility index (Phi) is 6.96. The Hall–Kier alpha value is -0.330. The maximum absolute atomic E-state index is 11.9. The fourth-order valence-corrected chi connectivity index (χ4v) is 2.01. The average molecular weight is 267 g/mol. The lowest BCUT2D eigenvalue weighted by Gasteiger charge is -2.32. The van der Waals surface area contributed by atoms with Gasteiger partial charge in [-0.25, -0.2) is 0 Å². The second kappa shape index (κ2) is 7.96. The summed E-state index contributed by atoms with van der Waals surface area (Å²) in [5, 5.41) is 3.21. The normalized spacial score (nSPS) is 19.3. The Morgan fingerprint density at radius 3 is 2.28 bits per heavy atom. The third-order valence-electron chi connectivity index (χ3n) is 3.26. The van der Waals surface area contributed by atoms with Crippen LogP contribution in [0, 0.1) is 0 Å². The van der Waals surface area contributed by atoms with Gasteiger partial charge in [-0.05, 0) is 26.4 Å². The summed E-state index contributed by atoms with van der Waals surface area (Å²) in [4.78, 5) is 4.70. The molecular weight excluding hydrogens is 243 g/mol. The van der Waals surface area contributed by atoms with E-state index in [1.807, 2.05) is 0 Å². The maximum atomic E-state index is 11.9. The molecule has 1 rings (SSSR count). The van der Waals surface area contributed by atoms with Crippen molar-refractivity contribution in [2.24, 2.45) is 0 Å². The van der Waals surface area contributed by atoms with Crippen LogP contribution in [0.15, 0.2) is 0 Å². The van der Waals surface area contributed by atoms with Crippen molar-refractivity contribution in [3.05, 3.63) is 0 Å². The fraction of sp³-hybridized carbons (Fsp3) is 1.00. The van der Waals surface area contributed by atoms with Gasteiger partial charge in [-0.15, -0.1) is 0 Å². The van der Waals surface area contributed by atoms with Crippen molar-refractivity contribution in [2.75, 3.05) is 52.9 Å². The van der Waals surface area contributed by atoms with Crippen LogP contribution in [0.5, 0.6) is 0 Å². The first-order valence-electron chi connectivity index (χ1n) is 6.66. The molecule has 3 nitrogen and oxygen atoms in total. The Bertz CT molecular complexity index is 213. The third-order valence-corrected chi connectivity index (χ3v) is 3.26. The van der Waals surface area contributed by atoms with Crippen LogP contribution in [0.1, 0.15) is 19.3 Å². The highest BCUT2D eigenvalue weighted by Gasteiger charge is 2.25. The first kappa shape index (κ1) is 15.7. The lowest BCUT2D eigenvalue weighted by atomic mass is 10.2. The molecule has 0 aromatic heterocycles. The fourth-order valence-electron chi connectivity index (χ4n) is 2.01. The first-order valence-corrected chi connectivity index (χ1v) is 6.66. The number of alkyl halides is 3. The van der Waals surface area contributed by atoms with E-state index in [4.69, 9.17) is 0 Å². The minimum absolute atomic E-state index is 0.227. The first-order chi connectivity index (χ1) is 8.47. The molecule has 0 bridgehead atoms. The molecule has 0 atom stereocenters. The SMILES string of the molecule is CN1CCN(CCNCCCCC(F)(F)F)CC1. The standard InChI is InChI=1S/C12H24F3N3/c1-17-8-10-18(11-9-17)7-6-16-5-3-2-4-12(13,14)15/h16H,2-11H2,1H3. The molecule has 0 aromatic carbocycles. The second-order valence-corrected chi connectivity index (χ2v) is 4.97. The molecule has 108 valence electrons. The monoisotopic (exact) mass is 267 g/mol. The van der Waals surface area contributed by atoms with Gasteiger partial charge in [-0.2, -0.15) is 13.2 Å². The summed E-state index contributed by atoms with van der Waals surface area (Å²) >= 11 is 0. The van der Waals surface area contributed by atoms with Crippen LogP contribution in [0.3, 0.4) is 0 Å². The van der Waals surface area contributed by atoms with Crippen molar-refractivity contribution in [3.63, 3.8) is 0 Å². The highest BCUT2D eigenvalue weighted by atomic mass is 19.4. The number of unbranched alkanes of at least 4 members (excludes halogenated alkanes) is 1. The summed E-state index contributed by atoms with van der Waals surface area (Å²) in [6.07, 6.45) is -3.83. The molecule has 0 aliphatic carbocycles. The molecule has 0 saturated carbocycles. The quantitative estimate of drug-likeness (QED) is 0.706. The largest absolute Gasteiger partial charge is 0.389 e. The van der Waals surface area contributed by atoms with Gasteiger partial charge < -0.3 is 10.2 Å². The summed E-state index contributed by atoms with van der Waals surface area (Å²) in [5.74, 6) is 0. The molecule has 0 amide bonds. The molecule has 1 fully saturated rings. The average Bonchev–Trinajstić information content (AvgIpc) is 2.29. The lowest BCUT2D eigenvalue weighted by Crippen LogP contribution is -2.46. The lowest BCUT2D eigenvalue weighted by molar-refractivity contribution is -0.135. The Labute approximate surface area is 107 Å². The van der Waals surface area contributed by atoms with E-state index in [1.54, 1.807) is 0 Å². The number of halogens is 3. The van der Waals surface area contributed by atoms with Gasteiger partial charge in [-0.3, -0.25) is 4.90 Å². The van der Waals surface area contributed by atoms with Gasteiger partial charge in [0.2, 0.25) is 0 Å². The molecule has 1 heterocycles. The zero-order chi connectivity index (χ0) is 13.4. The molecule has 1 N–H and O–H groups in total. The zero-order valence-corrected chi connectivity index (χ0v) is 11.1. The Morgan fingerprint density at radius 2 is 1.67 bits per heavy atom. The van der Waals surface area contributed by atoms with E-state index in [9.17, 15) is 13.2 Å². The van der Waals surface area contributed by atoms with E-state index in [2.05, 4.69) is 22.2 Å². The maximum Gasteiger partial charge on any atom is 0.389 e. The van der Waals surface area contributed by atoms with Crippen LogP contribution in [0.4, 0.5) is 13.2 Å². The van der Waals surface area contributed by atoms with Crippen molar-refractivity contribution in [3.8, 4) is 0 Å². The van der Waals surface area contributed by atoms with Crippen molar-refractivity contribution in [1.82, 2.24) is 15.1 Å². The van der Waals surface area contributed by atoms with E-state index < -0.39 is 12.6 Å². The molecule has 6 heteroatoms. The number of piperazine rings is 1. The zero-order valence-electron chi connectivity index (χ0n) is 11.1. The molecule has 18 heavy (non-hydrogen) atoms. The Morgan fingerprint density at radius 1 is 1.00 bits per heavy atom. The topological polar surface area (TPSA) is 18.5 Å². The molecule has 0 aromatic rings. The van der Waals surface area contributed by atoms with Crippen LogP contribution >= 0.6 is 0 Å². The number of likely N-dealkylation sites (N-methyl/N-ethyl adjacent to an activating group) is 1. The van der Waals surface area contributed by atoms with Gasteiger partial charge in [0.1, 0.15) is 0 Å². The molecule has 1 saturated heterocycles. The predicted molar refractivity (Wildman–Crippen MR) is 66.7 cm³/mol. The Balaban J connectivity index is 1.87. The van der Waals surface area contributed by atoms with Crippen LogP contribution in [0.25, 0.3) is 0 Å². The number of hydrogen-bond acceptors (Lipinski definition) is 3. The molecule has 1 aliphatic heterocycles. The smallest absolute Gasteiger partial charge is 0.315 e. The van der Waals surface area contributed by atoms with Crippen LogP contribution in [-0.2, 0) is 0 Å². The number of nitrogens with zero attached hydrogens (tertiary/aromatic N) is 2. The third kappa shape index (κ3) is 7.89. The number of nitrogens with one attached hydrogen (secondary N) is 1. The second-order valence-electron chi connectivity index (χ2n) is 4.97.